The summed E-state index contributed by atoms with van der Waals surface area (Å²) in [5.41, 5.74) is 1.27. The fraction of sp³-hybridized carbons (Fsp3) is 0.852. The number of aliphatic carboxylic acids is 1. The molecule has 1 aliphatic carbocycles. The molecule has 1 saturated carbocycles. The molecule has 0 aliphatic heterocycles. The number of methoxy groups -OCH3 is 1. The topological polar surface area (TPSA) is 83.8 Å². The summed E-state index contributed by atoms with van der Waals surface area (Å²) in [6.45, 7) is 2.26. The molecule has 0 aromatic heterocycles. The van der Waals surface area contributed by atoms with Crippen LogP contribution in [-0.4, -0.2) is 46.4 Å². The highest BCUT2D eigenvalue weighted by molar-refractivity contribution is 8.00. The van der Waals surface area contributed by atoms with E-state index in [1.165, 1.54) is 83.3 Å². The molecule has 3 atom stereocenters. The molecule has 1 fully saturated rings. The van der Waals surface area contributed by atoms with Crippen LogP contribution < -0.4 is 0 Å². The molecule has 192 valence electrons. The minimum absolute atomic E-state index is 0.0100. The van der Waals surface area contributed by atoms with Crippen LogP contribution in [0.5, 0.6) is 0 Å². The van der Waals surface area contributed by atoms with Gasteiger partial charge in [-0.3, -0.25) is 9.59 Å². The zero-order chi connectivity index (χ0) is 24.3. The number of esters is 1. The lowest BCUT2D eigenvalue weighted by molar-refractivity contribution is -0.140. The third-order valence-electron chi connectivity index (χ3n) is 6.74. The molecule has 6 heteroatoms. The van der Waals surface area contributed by atoms with Crippen LogP contribution in [0.25, 0.3) is 0 Å². The number of allylic oxidation sites excluding steroid dienone is 1. The maximum absolute atomic E-state index is 11.5. The van der Waals surface area contributed by atoms with Crippen LogP contribution in [-0.2, 0) is 14.3 Å². The molecule has 5 nitrogen and oxygen atoms in total. The first-order chi connectivity index (χ1) is 16.0. The predicted octanol–water partition coefficient (Wildman–Crippen LogP) is 6.91. The van der Waals surface area contributed by atoms with Gasteiger partial charge in [0.15, 0.2) is 0 Å². The fourth-order valence-corrected chi connectivity index (χ4v) is 6.03. The second kappa shape index (κ2) is 19.3. The van der Waals surface area contributed by atoms with E-state index in [2.05, 4.69) is 13.0 Å². The monoisotopic (exact) mass is 484 g/mol. The highest BCUT2D eigenvalue weighted by atomic mass is 32.2. The summed E-state index contributed by atoms with van der Waals surface area (Å²) in [6, 6.07) is 0. The molecule has 2 N–H and O–H groups in total. The normalized spacial score (nSPS) is 21.9. The van der Waals surface area contributed by atoms with E-state index >= 15 is 0 Å². The first-order valence-corrected chi connectivity index (χ1v) is 14.3. The van der Waals surface area contributed by atoms with Crippen molar-refractivity contribution in [1.82, 2.24) is 0 Å². The Morgan fingerprint density at radius 1 is 1.00 bits per heavy atom. The summed E-state index contributed by atoms with van der Waals surface area (Å²) in [5, 5.41) is 19.9. The number of unbranched alkanes of at least 4 members (excludes halogenated alkanes) is 11. The van der Waals surface area contributed by atoms with E-state index in [4.69, 9.17) is 9.84 Å². The van der Waals surface area contributed by atoms with Crippen molar-refractivity contribution in [3.8, 4) is 0 Å². The number of carboxylic acids is 1. The molecule has 33 heavy (non-hydrogen) atoms. The van der Waals surface area contributed by atoms with Gasteiger partial charge in [0.1, 0.15) is 0 Å². The number of hydrogen-bond donors (Lipinski definition) is 2. The number of ether oxygens (including phenoxy) is 1. The van der Waals surface area contributed by atoms with E-state index in [9.17, 15) is 14.7 Å². The van der Waals surface area contributed by atoms with Crippen LogP contribution in [0.4, 0.5) is 0 Å². The van der Waals surface area contributed by atoms with E-state index in [0.29, 0.717) is 18.6 Å². The predicted molar refractivity (Wildman–Crippen MR) is 138 cm³/mol. The van der Waals surface area contributed by atoms with Gasteiger partial charge in [-0.25, -0.2) is 0 Å². The first-order valence-electron chi connectivity index (χ1n) is 13.3. The first kappa shape index (κ1) is 30.0. The summed E-state index contributed by atoms with van der Waals surface area (Å²) in [5.74, 6) is -0.428. The zero-order valence-electron chi connectivity index (χ0n) is 21.1. The third-order valence-corrected chi connectivity index (χ3v) is 8.12. The lowest BCUT2D eigenvalue weighted by Gasteiger charge is -2.36. The Balaban J connectivity index is 2.37. The largest absolute Gasteiger partial charge is 0.481 e. The van der Waals surface area contributed by atoms with Gasteiger partial charge in [0.05, 0.1) is 24.9 Å². The van der Waals surface area contributed by atoms with E-state index in [1.54, 1.807) is 11.8 Å². The van der Waals surface area contributed by atoms with E-state index in [0.717, 1.165) is 19.3 Å². The van der Waals surface area contributed by atoms with Crippen molar-refractivity contribution < 1.29 is 24.5 Å². The van der Waals surface area contributed by atoms with Gasteiger partial charge in [-0.1, -0.05) is 82.8 Å². The number of aliphatic hydroxyl groups excluding tert-OH is 1. The maximum Gasteiger partial charge on any atom is 0.306 e. The van der Waals surface area contributed by atoms with E-state index in [-0.39, 0.29) is 23.6 Å². The fourth-order valence-electron chi connectivity index (χ4n) is 4.65. The molecule has 0 amide bonds. The molecular weight excluding hydrogens is 436 g/mol. The minimum Gasteiger partial charge on any atom is -0.481 e. The average molecular weight is 485 g/mol. The van der Waals surface area contributed by atoms with Crippen molar-refractivity contribution in [2.75, 3.05) is 12.9 Å². The van der Waals surface area contributed by atoms with Gasteiger partial charge >= 0.3 is 11.9 Å². The molecule has 0 aromatic carbocycles. The van der Waals surface area contributed by atoms with E-state index in [1.807, 2.05) is 0 Å². The van der Waals surface area contributed by atoms with Gasteiger partial charge in [-0.05, 0) is 38.0 Å². The summed E-state index contributed by atoms with van der Waals surface area (Å²) in [7, 11) is 1.39. The van der Waals surface area contributed by atoms with Crippen LogP contribution in [0.1, 0.15) is 116 Å². The van der Waals surface area contributed by atoms with Crippen molar-refractivity contribution in [2.24, 2.45) is 5.92 Å². The van der Waals surface area contributed by atoms with Gasteiger partial charge in [-0.2, -0.15) is 11.8 Å². The molecule has 1 aliphatic rings. The van der Waals surface area contributed by atoms with Crippen LogP contribution in [0.15, 0.2) is 11.6 Å². The molecule has 0 saturated heterocycles. The molecule has 0 unspecified atom stereocenters. The van der Waals surface area contributed by atoms with Crippen molar-refractivity contribution in [3.63, 3.8) is 0 Å². The number of carbonyl (C=O) groups excluding carboxylic acids is 1. The second-order valence-corrected chi connectivity index (χ2v) is 10.7. The SMILES string of the molecule is CCCCCCCCCCCCC/C=C1\CC[C@@H](CCC(=O)O)[C@H](O)[C@H]1SCCC(=O)OC. The minimum atomic E-state index is -0.810. The quantitative estimate of drug-likeness (QED) is 0.118. The molecule has 0 heterocycles. The van der Waals surface area contributed by atoms with Crippen LogP contribution in [0, 0.1) is 5.92 Å². The molecule has 0 spiro atoms. The van der Waals surface area contributed by atoms with Crippen molar-refractivity contribution in [1.29, 1.82) is 0 Å². The second-order valence-electron chi connectivity index (χ2n) is 9.44. The molecular formula is C27H48O5S. The van der Waals surface area contributed by atoms with Gasteiger partial charge in [-0.15, -0.1) is 0 Å². The number of aliphatic hydroxyl groups is 1. The maximum atomic E-state index is 11.5. The smallest absolute Gasteiger partial charge is 0.306 e. The Hall–Kier alpha value is -1.01. The number of rotatable bonds is 19. The number of thioether (sulfide) groups is 1. The lowest BCUT2D eigenvalue weighted by Crippen LogP contribution is -2.37. The third kappa shape index (κ3) is 14.1. The van der Waals surface area contributed by atoms with Crippen molar-refractivity contribution in [2.45, 2.75) is 127 Å². The standard InChI is InChI=1S/C27H48O5S/c1-3-4-5-6-7-8-9-10-11-12-13-14-15-23-17-16-22(18-19-24(28)29)26(31)27(23)33-21-20-25(30)32-2/h15,22,26-27,31H,3-14,16-21H2,1-2H3,(H,28,29)/b23-15+/t22-,26-,27-/m0/s1. The lowest BCUT2D eigenvalue weighted by atomic mass is 9.80. The Kier molecular flexibility index (Phi) is 17.6. The molecule has 0 aromatic rings. The summed E-state index contributed by atoms with van der Waals surface area (Å²) in [4.78, 5) is 22.4. The zero-order valence-corrected chi connectivity index (χ0v) is 21.9. The highest BCUT2D eigenvalue weighted by Crippen LogP contribution is 2.39. The Labute approximate surface area is 206 Å². The van der Waals surface area contributed by atoms with Crippen LogP contribution in [0.2, 0.25) is 0 Å². The summed E-state index contributed by atoms with van der Waals surface area (Å²) < 4.78 is 4.73. The van der Waals surface area contributed by atoms with Crippen LogP contribution >= 0.6 is 11.8 Å². The number of carboxylic acid groups (broad SMARTS) is 1. The van der Waals surface area contributed by atoms with Gasteiger partial charge in [0, 0.05) is 12.2 Å². The highest BCUT2D eigenvalue weighted by Gasteiger charge is 2.35. The summed E-state index contributed by atoms with van der Waals surface area (Å²) in [6.07, 6.45) is 20.1. The van der Waals surface area contributed by atoms with Gasteiger partial charge in [0.2, 0.25) is 0 Å². The summed E-state index contributed by atoms with van der Waals surface area (Å²) >= 11 is 1.61. The Morgan fingerprint density at radius 2 is 1.61 bits per heavy atom. The van der Waals surface area contributed by atoms with Gasteiger partial charge < -0.3 is 14.9 Å². The molecule has 1 rings (SSSR count). The van der Waals surface area contributed by atoms with Crippen LogP contribution in [0.3, 0.4) is 0 Å². The Bertz CT molecular complexity index is 563. The molecule has 0 bridgehead atoms. The average Bonchev–Trinajstić information content (AvgIpc) is 2.80. The number of hydrogen-bond acceptors (Lipinski definition) is 5. The van der Waals surface area contributed by atoms with Gasteiger partial charge in [0.25, 0.3) is 0 Å². The van der Waals surface area contributed by atoms with Crippen molar-refractivity contribution >= 4 is 23.7 Å². The molecule has 0 radical (unpaired) electrons. The Morgan fingerprint density at radius 3 is 2.18 bits per heavy atom. The van der Waals surface area contributed by atoms with E-state index < -0.39 is 12.1 Å². The number of carbonyl (C=O) groups is 2. The van der Waals surface area contributed by atoms with Crippen molar-refractivity contribution in [3.05, 3.63) is 11.6 Å².